The molecule has 1 aromatic carbocycles. The van der Waals surface area contributed by atoms with Gasteiger partial charge in [-0.05, 0) is 42.6 Å². The maximum absolute atomic E-state index is 6.05. The molecule has 0 amide bonds. The molecule has 112 valence electrons. The molecular weight excluding hydrogens is 260 g/mol. The number of aromatic nitrogens is 1. The summed E-state index contributed by atoms with van der Waals surface area (Å²) in [7, 11) is 0. The second kappa shape index (κ2) is 7.23. The lowest BCUT2D eigenvalue weighted by atomic mass is 10.0. The van der Waals surface area contributed by atoms with Gasteiger partial charge in [-0.1, -0.05) is 32.9 Å². The summed E-state index contributed by atoms with van der Waals surface area (Å²) in [5.41, 5.74) is 3.42. The molecule has 0 unspecified atom stereocenters. The van der Waals surface area contributed by atoms with Gasteiger partial charge in [-0.15, -0.1) is 0 Å². The quantitative estimate of drug-likeness (QED) is 0.853. The van der Waals surface area contributed by atoms with E-state index in [0.717, 1.165) is 35.8 Å². The van der Waals surface area contributed by atoms with Crippen LogP contribution in [0.25, 0.3) is 0 Å². The average Bonchev–Trinajstić information content (AvgIpc) is 2.47. The van der Waals surface area contributed by atoms with Gasteiger partial charge in [0.25, 0.3) is 0 Å². The number of hydrogen-bond donors (Lipinski definition) is 1. The first-order valence-corrected chi connectivity index (χ1v) is 7.54. The van der Waals surface area contributed by atoms with Crippen LogP contribution in [0.1, 0.15) is 43.5 Å². The van der Waals surface area contributed by atoms with Gasteiger partial charge >= 0.3 is 0 Å². The van der Waals surface area contributed by atoms with Gasteiger partial charge in [-0.2, -0.15) is 0 Å². The minimum Gasteiger partial charge on any atom is -0.457 e. The predicted molar refractivity (Wildman–Crippen MR) is 87.0 cm³/mol. The Morgan fingerprint density at radius 1 is 1.19 bits per heavy atom. The first-order chi connectivity index (χ1) is 10.1. The van der Waals surface area contributed by atoms with E-state index >= 15 is 0 Å². The highest BCUT2D eigenvalue weighted by molar-refractivity contribution is 5.41. The van der Waals surface area contributed by atoms with Crippen LogP contribution in [0.15, 0.2) is 36.5 Å². The molecular formula is C18H24N2O. The van der Waals surface area contributed by atoms with Crippen LogP contribution in [0.5, 0.6) is 11.5 Å². The van der Waals surface area contributed by atoms with Gasteiger partial charge < -0.3 is 10.1 Å². The molecule has 1 N–H and O–H groups in total. The Labute approximate surface area is 127 Å². The number of benzene rings is 1. The summed E-state index contributed by atoms with van der Waals surface area (Å²) < 4.78 is 6.05. The van der Waals surface area contributed by atoms with Gasteiger partial charge in [0.15, 0.2) is 0 Å². The van der Waals surface area contributed by atoms with E-state index in [4.69, 9.17) is 4.74 Å². The summed E-state index contributed by atoms with van der Waals surface area (Å²) in [6.45, 7) is 10.2. The van der Waals surface area contributed by atoms with Crippen molar-refractivity contribution in [2.75, 3.05) is 6.54 Å². The number of pyridine rings is 1. The average molecular weight is 284 g/mol. The number of ether oxygens (including phenoxy) is 1. The monoisotopic (exact) mass is 284 g/mol. The number of hydrogen-bond acceptors (Lipinski definition) is 3. The molecule has 3 nitrogen and oxygen atoms in total. The van der Waals surface area contributed by atoms with Crippen LogP contribution in [-0.2, 0) is 6.54 Å². The van der Waals surface area contributed by atoms with Crippen molar-refractivity contribution in [3.63, 3.8) is 0 Å². The van der Waals surface area contributed by atoms with Crippen molar-refractivity contribution in [1.82, 2.24) is 10.3 Å². The third-order valence-electron chi connectivity index (χ3n) is 3.45. The smallest absolute Gasteiger partial charge is 0.130 e. The first-order valence-electron chi connectivity index (χ1n) is 7.54. The normalized spacial score (nSPS) is 10.9. The highest BCUT2D eigenvalue weighted by Crippen LogP contribution is 2.28. The second-order valence-corrected chi connectivity index (χ2v) is 5.54. The van der Waals surface area contributed by atoms with Crippen molar-refractivity contribution in [3.05, 3.63) is 53.3 Å². The van der Waals surface area contributed by atoms with Crippen molar-refractivity contribution in [1.29, 1.82) is 0 Å². The Bertz CT molecular complexity index is 594. The maximum atomic E-state index is 6.05. The van der Waals surface area contributed by atoms with Gasteiger partial charge in [-0.25, -0.2) is 0 Å². The van der Waals surface area contributed by atoms with E-state index in [1.807, 2.05) is 12.1 Å². The van der Waals surface area contributed by atoms with Crippen LogP contribution >= 0.6 is 0 Å². The molecule has 2 rings (SSSR count). The summed E-state index contributed by atoms with van der Waals surface area (Å²) in [5, 5.41) is 3.27. The van der Waals surface area contributed by atoms with E-state index in [1.54, 1.807) is 6.20 Å². The van der Waals surface area contributed by atoms with Crippen LogP contribution in [0.2, 0.25) is 0 Å². The molecule has 1 aromatic heterocycles. The Morgan fingerprint density at radius 3 is 2.71 bits per heavy atom. The maximum Gasteiger partial charge on any atom is 0.130 e. The van der Waals surface area contributed by atoms with Gasteiger partial charge in [-0.3, -0.25) is 4.98 Å². The minimum absolute atomic E-state index is 0.495. The number of nitrogens with one attached hydrogen (secondary N) is 1. The van der Waals surface area contributed by atoms with E-state index in [0.29, 0.717) is 5.92 Å². The minimum atomic E-state index is 0.495. The Hall–Kier alpha value is -1.87. The van der Waals surface area contributed by atoms with Crippen molar-refractivity contribution in [2.45, 2.75) is 40.2 Å². The SMILES string of the molecule is CCNCc1cc(Oc2cc(C(C)C)ccc2C)ccn1. The van der Waals surface area contributed by atoms with Crippen LogP contribution in [0.3, 0.4) is 0 Å². The van der Waals surface area contributed by atoms with Crippen molar-refractivity contribution < 1.29 is 4.74 Å². The van der Waals surface area contributed by atoms with Crippen molar-refractivity contribution in [3.8, 4) is 11.5 Å². The molecule has 2 aromatic rings. The predicted octanol–water partition coefficient (Wildman–Crippen LogP) is 4.42. The van der Waals surface area contributed by atoms with E-state index in [-0.39, 0.29) is 0 Å². The summed E-state index contributed by atoms with van der Waals surface area (Å²) >= 11 is 0. The molecule has 1 heterocycles. The Balaban J connectivity index is 2.19. The third kappa shape index (κ3) is 4.30. The summed E-state index contributed by atoms with van der Waals surface area (Å²) in [6, 6.07) is 10.3. The van der Waals surface area contributed by atoms with Gasteiger partial charge in [0.1, 0.15) is 11.5 Å². The number of nitrogens with zero attached hydrogens (tertiary/aromatic N) is 1. The molecule has 0 aliphatic carbocycles. The molecule has 0 saturated carbocycles. The van der Waals surface area contributed by atoms with E-state index in [2.05, 4.69) is 56.2 Å². The molecule has 3 heteroatoms. The van der Waals surface area contributed by atoms with E-state index in [1.165, 1.54) is 5.56 Å². The van der Waals surface area contributed by atoms with E-state index in [9.17, 15) is 0 Å². The standard InChI is InChI=1S/C18H24N2O/c1-5-19-12-16-11-17(8-9-20-16)21-18-10-15(13(2)3)7-6-14(18)4/h6-11,13,19H,5,12H2,1-4H3. The largest absolute Gasteiger partial charge is 0.457 e. The molecule has 0 radical (unpaired) electrons. The van der Waals surface area contributed by atoms with Crippen molar-refractivity contribution in [2.24, 2.45) is 0 Å². The molecule has 21 heavy (non-hydrogen) atoms. The highest BCUT2D eigenvalue weighted by atomic mass is 16.5. The number of rotatable bonds is 6. The summed E-state index contributed by atoms with van der Waals surface area (Å²) in [5.74, 6) is 2.25. The van der Waals surface area contributed by atoms with Gasteiger partial charge in [0, 0.05) is 18.8 Å². The second-order valence-electron chi connectivity index (χ2n) is 5.54. The zero-order valence-electron chi connectivity index (χ0n) is 13.3. The molecule has 0 saturated heterocycles. The van der Waals surface area contributed by atoms with Crippen LogP contribution < -0.4 is 10.1 Å². The molecule has 0 aliphatic heterocycles. The summed E-state index contributed by atoms with van der Waals surface area (Å²) in [4.78, 5) is 4.34. The third-order valence-corrected chi connectivity index (χ3v) is 3.45. The van der Waals surface area contributed by atoms with Gasteiger partial charge in [0.2, 0.25) is 0 Å². The summed E-state index contributed by atoms with van der Waals surface area (Å²) in [6.07, 6.45) is 1.80. The lowest BCUT2D eigenvalue weighted by Crippen LogP contribution is -2.12. The first kappa shape index (κ1) is 15.5. The molecule has 0 bridgehead atoms. The molecule has 0 fully saturated rings. The topological polar surface area (TPSA) is 34.1 Å². The zero-order chi connectivity index (χ0) is 15.2. The Morgan fingerprint density at radius 2 is 2.00 bits per heavy atom. The van der Waals surface area contributed by atoms with Crippen LogP contribution in [0.4, 0.5) is 0 Å². The molecule has 0 aliphatic rings. The van der Waals surface area contributed by atoms with Crippen LogP contribution in [-0.4, -0.2) is 11.5 Å². The van der Waals surface area contributed by atoms with Gasteiger partial charge in [0.05, 0.1) is 5.69 Å². The lowest BCUT2D eigenvalue weighted by molar-refractivity contribution is 0.475. The Kier molecular flexibility index (Phi) is 5.34. The zero-order valence-corrected chi connectivity index (χ0v) is 13.3. The fraction of sp³-hybridized carbons (Fsp3) is 0.389. The highest BCUT2D eigenvalue weighted by Gasteiger charge is 2.06. The lowest BCUT2D eigenvalue weighted by Gasteiger charge is -2.13. The van der Waals surface area contributed by atoms with Crippen LogP contribution in [0, 0.1) is 6.92 Å². The molecule has 0 atom stereocenters. The fourth-order valence-electron chi connectivity index (χ4n) is 2.08. The fourth-order valence-corrected chi connectivity index (χ4v) is 2.08. The van der Waals surface area contributed by atoms with E-state index < -0.39 is 0 Å². The molecule has 0 spiro atoms. The number of aryl methyl sites for hydroxylation is 1. The van der Waals surface area contributed by atoms with Crippen molar-refractivity contribution >= 4 is 0 Å².